The number of rotatable bonds is 5. The standard InChI is InChI=1S/C12H26N2.CH4/c1-4-8-13(3)12-6-10-14(9-5-2)11-7-12;/h12H,4-11H2,1-3H3;1H4. The van der Waals surface area contributed by atoms with Gasteiger partial charge in [0.2, 0.25) is 0 Å². The van der Waals surface area contributed by atoms with Gasteiger partial charge in [0.15, 0.2) is 0 Å². The molecule has 0 N–H and O–H groups in total. The molecule has 1 aliphatic rings. The summed E-state index contributed by atoms with van der Waals surface area (Å²) in [5.41, 5.74) is 0. The lowest BCUT2D eigenvalue weighted by atomic mass is 10.0. The number of nitrogens with zero attached hydrogens (tertiary/aromatic N) is 2. The number of hydrogen-bond acceptors (Lipinski definition) is 2. The largest absolute Gasteiger partial charge is 0.303 e. The molecule has 0 radical (unpaired) electrons. The molecule has 2 heteroatoms. The molecular formula is C13H30N2. The Kier molecular flexibility index (Phi) is 8.07. The first-order valence-electron chi connectivity index (χ1n) is 6.20. The zero-order chi connectivity index (χ0) is 10.4. The molecule has 1 fully saturated rings. The van der Waals surface area contributed by atoms with Crippen molar-refractivity contribution in [3.63, 3.8) is 0 Å². The third-order valence-electron chi connectivity index (χ3n) is 3.30. The van der Waals surface area contributed by atoms with Crippen LogP contribution in [0, 0.1) is 0 Å². The van der Waals surface area contributed by atoms with Gasteiger partial charge in [-0.15, -0.1) is 0 Å². The van der Waals surface area contributed by atoms with E-state index in [-0.39, 0.29) is 7.43 Å². The maximum Gasteiger partial charge on any atom is 0.0117 e. The molecule has 0 aromatic heterocycles. The van der Waals surface area contributed by atoms with Gasteiger partial charge in [0.25, 0.3) is 0 Å². The summed E-state index contributed by atoms with van der Waals surface area (Å²) >= 11 is 0. The lowest BCUT2D eigenvalue weighted by Crippen LogP contribution is -2.43. The van der Waals surface area contributed by atoms with Crippen LogP contribution in [0.4, 0.5) is 0 Å². The highest BCUT2D eigenvalue weighted by molar-refractivity contribution is 4.77. The van der Waals surface area contributed by atoms with E-state index in [1.807, 2.05) is 0 Å². The molecule has 0 spiro atoms. The van der Waals surface area contributed by atoms with E-state index in [0.29, 0.717) is 0 Å². The van der Waals surface area contributed by atoms with Gasteiger partial charge in [-0.2, -0.15) is 0 Å². The number of piperidine rings is 1. The first-order valence-corrected chi connectivity index (χ1v) is 6.20. The molecule has 0 aliphatic carbocycles. The smallest absolute Gasteiger partial charge is 0.0117 e. The lowest BCUT2D eigenvalue weighted by molar-refractivity contribution is 0.128. The molecule has 1 saturated heterocycles. The van der Waals surface area contributed by atoms with Crippen LogP contribution < -0.4 is 0 Å². The summed E-state index contributed by atoms with van der Waals surface area (Å²) in [6, 6.07) is 0.850. The van der Waals surface area contributed by atoms with Crippen LogP contribution in [0.15, 0.2) is 0 Å². The molecule has 0 saturated carbocycles. The van der Waals surface area contributed by atoms with Crippen LogP contribution in [0.5, 0.6) is 0 Å². The second-order valence-corrected chi connectivity index (χ2v) is 4.55. The van der Waals surface area contributed by atoms with E-state index in [4.69, 9.17) is 0 Å². The van der Waals surface area contributed by atoms with Crippen molar-refractivity contribution in [1.82, 2.24) is 9.80 Å². The van der Waals surface area contributed by atoms with Crippen LogP contribution >= 0.6 is 0 Å². The predicted octanol–water partition coefficient (Wildman–Crippen LogP) is 2.84. The van der Waals surface area contributed by atoms with Crippen molar-refractivity contribution >= 4 is 0 Å². The van der Waals surface area contributed by atoms with Crippen molar-refractivity contribution in [2.24, 2.45) is 0 Å². The van der Waals surface area contributed by atoms with Crippen LogP contribution in [-0.4, -0.2) is 49.1 Å². The Hall–Kier alpha value is -0.0800. The van der Waals surface area contributed by atoms with E-state index in [1.54, 1.807) is 0 Å². The van der Waals surface area contributed by atoms with Gasteiger partial charge in [-0.3, -0.25) is 0 Å². The van der Waals surface area contributed by atoms with Crippen LogP contribution in [0.3, 0.4) is 0 Å². The fraction of sp³-hybridized carbons (Fsp3) is 1.00. The fourth-order valence-electron chi connectivity index (χ4n) is 2.44. The Morgan fingerprint density at radius 3 is 2.20 bits per heavy atom. The highest BCUT2D eigenvalue weighted by Gasteiger charge is 2.20. The van der Waals surface area contributed by atoms with E-state index in [2.05, 4.69) is 30.7 Å². The molecule has 0 aromatic carbocycles. The van der Waals surface area contributed by atoms with Gasteiger partial charge < -0.3 is 9.80 Å². The Labute approximate surface area is 96.6 Å². The van der Waals surface area contributed by atoms with Gasteiger partial charge in [0.1, 0.15) is 0 Å². The zero-order valence-electron chi connectivity index (χ0n) is 10.1. The maximum atomic E-state index is 2.61. The van der Waals surface area contributed by atoms with Crippen LogP contribution in [0.25, 0.3) is 0 Å². The topological polar surface area (TPSA) is 6.48 Å². The Balaban J connectivity index is 0.00000196. The van der Waals surface area contributed by atoms with Crippen molar-refractivity contribution in [1.29, 1.82) is 0 Å². The summed E-state index contributed by atoms with van der Waals surface area (Å²) in [5, 5.41) is 0. The second kappa shape index (κ2) is 8.12. The fourth-order valence-corrected chi connectivity index (χ4v) is 2.44. The summed E-state index contributed by atoms with van der Waals surface area (Å²) in [7, 11) is 2.28. The van der Waals surface area contributed by atoms with E-state index < -0.39 is 0 Å². The minimum atomic E-state index is 0. The second-order valence-electron chi connectivity index (χ2n) is 4.55. The molecule has 1 aliphatic heterocycles. The summed E-state index contributed by atoms with van der Waals surface area (Å²) < 4.78 is 0. The predicted molar refractivity (Wildman–Crippen MR) is 69.4 cm³/mol. The SMILES string of the molecule is C.CCCN1CCC(N(C)CCC)CC1. The molecule has 0 unspecified atom stereocenters. The number of likely N-dealkylation sites (tertiary alicyclic amines) is 1. The van der Waals surface area contributed by atoms with Crippen molar-refractivity contribution in [2.45, 2.75) is 53.0 Å². The van der Waals surface area contributed by atoms with Crippen LogP contribution in [-0.2, 0) is 0 Å². The molecular weight excluding hydrogens is 184 g/mol. The summed E-state index contributed by atoms with van der Waals surface area (Å²) in [6.45, 7) is 9.72. The minimum absolute atomic E-state index is 0. The molecule has 2 nitrogen and oxygen atoms in total. The molecule has 0 bridgehead atoms. The van der Waals surface area contributed by atoms with Gasteiger partial charge in [0, 0.05) is 6.04 Å². The van der Waals surface area contributed by atoms with Gasteiger partial charge in [-0.25, -0.2) is 0 Å². The normalized spacial score (nSPS) is 19.2. The van der Waals surface area contributed by atoms with Gasteiger partial charge in [-0.1, -0.05) is 21.3 Å². The van der Waals surface area contributed by atoms with Crippen LogP contribution in [0.2, 0.25) is 0 Å². The highest BCUT2D eigenvalue weighted by atomic mass is 15.2. The molecule has 0 amide bonds. The third kappa shape index (κ3) is 4.98. The Morgan fingerprint density at radius 2 is 1.73 bits per heavy atom. The lowest BCUT2D eigenvalue weighted by Gasteiger charge is -2.36. The van der Waals surface area contributed by atoms with Gasteiger partial charge in [0.05, 0.1) is 0 Å². The highest BCUT2D eigenvalue weighted by Crippen LogP contribution is 2.15. The third-order valence-corrected chi connectivity index (χ3v) is 3.30. The van der Waals surface area contributed by atoms with E-state index in [1.165, 1.54) is 51.9 Å². The summed E-state index contributed by atoms with van der Waals surface area (Å²) in [6.07, 6.45) is 5.33. The van der Waals surface area contributed by atoms with E-state index in [9.17, 15) is 0 Å². The molecule has 1 rings (SSSR count). The van der Waals surface area contributed by atoms with Crippen molar-refractivity contribution in [3.8, 4) is 0 Å². The summed E-state index contributed by atoms with van der Waals surface area (Å²) in [5.74, 6) is 0. The summed E-state index contributed by atoms with van der Waals surface area (Å²) in [4.78, 5) is 5.15. The Morgan fingerprint density at radius 1 is 1.13 bits per heavy atom. The van der Waals surface area contributed by atoms with Crippen molar-refractivity contribution < 1.29 is 0 Å². The monoisotopic (exact) mass is 214 g/mol. The molecule has 1 heterocycles. The quantitative estimate of drug-likeness (QED) is 0.694. The average Bonchev–Trinajstić information content (AvgIpc) is 2.20. The first kappa shape index (κ1) is 14.9. The Bertz CT molecular complexity index is 139. The van der Waals surface area contributed by atoms with Crippen LogP contribution in [0.1, 0.15) is 47.0 Å². The van der Waals surface area contributed by atoms with E-state index in [0.717, 1.165) is 6.04 Å². The molecule has 0 aromatic rings. The van der Waals surface area contributed by atoms with Crippen molar-refractivity contribution in [3.05, 3.63) is 0 Å². The zero-order valence-corrected chi connectivity index (χ0v) is 10.1. The van der Waals surface area contributed by atoms with Gasteiger partial charge >= 0.3 is 0 Å². The first-order chi connectivity index (χ1) is 6.77. The van der Waals surface area contributed by atoms with Crippen molar-refractivity contribution in [2.75, 3.05) is 33.2 Å². The van der Waals surface area contributed by atoms with Gasteiger partial charge in [-0.05, 0) is 58.9 Å². The average molecular weight is 214 g/mol. The number of hydrogen-bond donors (Lipinski definition) is 0. The van der Waals surface area contributed by atoms with E-state index >= 15 is 0 Å². The molecule has 92 valence electrons. The molecule has 15 heavy (non-hydrogen) atoms. The minimum Gasteiger partial charge on any atom is -0.303 e. The molecule has 0 atom stereocenters. The maximum absolute atomic E-state index is 2.61.